The van der Waals surface area contributed by atoms with Crippen molar-refractivity contribution in [2.45, 2.75) is 25.3 Å². The van der Waals surface area contributed by atoms with Gasteiger partial charge in [-0.3, -0.25) is 4.99 Å². The van der Waals surface area contributed by atoms with Crippen LogP contribution in [0.1, 0.15) is 19.8 Å². The normalized spacial score (nSPS) is 27.0. The second kappa shape index (κ2) is 3.42. The standard InChI is InChI=1S/C10H20N4/c1-3-14-6-4-10(5-7-14)8-12-9(11)13(10)2/h3-8H2,1-2H3,(H2,11,12). The average Bonchev–Trinajstić information content (AvgIpc) is 2.49. The van der Waals surface area contributed by atoms with Gasteiger partial charge in [-0.15, -0.1) is 0 Å². The molecule has 0 radical (unpaired) electrons. The van der Waals surface area contributed by atoms with Crippen LogP contribution < -0.4 is 5.73 Å². The van der Waals surface area contributed by atoms with Crippen molar-refractivity contribution in [2.75, 3.05) is 33.2 Å². The molecule has 0 atom stereocenters. The van der Waals surface area contributed by atoms with Crippen molar-refractivity contribution in [3.8, 4) is 0 Å². The maximum Gasteiger partial charge on any atom is 0.191 e. The summed E-state index contributed by atoms with van der Waals surface area (Å²) in [6, 6.07) is 0. The Hall–Kier alpha value is -0.770. The van der Waals surface area contributed by atoms with E-state index in [-0.39, 0.29) is 5.54 Å². The van der Waals surface area contributed by atoms with Gasteiger partial charge in [0, 0.05) is 20.1 Å². The van der Waals surface area contributed by atoms with Crippen molar-refractivity contribution in [2.24, 2.45) is 10.7 Å². The molecule has 2 heterocycles. The number of aliphatic imine (C=N–C) groups is 1. The summed E-state index contributed by atoms with van der Waals surface area (Å²) in [5.41, 5.74) is 6.06. The van der Waals surface area contributed by atoms with Crippen LogP contribution in [0.25, 0.3) is 0 Å². The minimum Gasteiger partial charge on any atom is -0.370 e. The van der Waals surface area contributed by atoms with E-state index in [4.69, 9.17) is 5.73 Å². The molecule has 0 aliphatic carbocycles. The number of guanidine groups is 1. The van der Waals surface area contributed by atoms with Crippen molar-refractivity contribution in [1.29, 1.82) is 0 Å². The lowest BCUT2D eigenvalue weighted by Gasteiger charge is -2.43. The summed E-state index contributed by atoms with van der Waals surface area (Å²) < 4.78 is 0. The van der Waals surface area contributed by atoms with Crippen LogP contribution in [0, 0.1) is 0 Å². The first-order chi connectivity index (χ1) is 6.68. The Labute approximate surface area is 85.8 Å². The van der Waals surface area contributed by atoms with Crippen LogP contribution in [0.3, 0.4) is 0 Å². The van der Waals surface area contributed by atoms with E-state index in [0.29, 0.717) is 0 Å². The molecule has 2 N–H and O–H groups in total. The second-order valence-corrected chi connectivity index (χ2v) is 4.39. The third kappa shape index (κ3) is 1.38. The van der Waals surface area contributed by atoms with Crippen molar-refractivity contribution >= 4 is 5.96 Å². The second-order valence-electron chi connectivity index (χ2n) is 4.39. The fraction of sp³-hybridized carbons (Fsp3) is 0.900. The Balaban J connectivity index is 2.01. The molecule has 1 saturated heterocycles. The van der Waals surface area contributed by atoms with Crippen LogP contribution in [-0.4, -0.2) is 54.5 Å². The maximum absolute atomic E-state index is 5.81. The number of likely N-dealkylation sites (tertiary alicyclic amines) is 1. The van der Waals surface area contributed by atoms with Crippen LogP contribution in [0.15, 0.2) is 4.99 Å². The highest BCUT2D eigenvalue weighted by Crippen LogP contribution is 2.31. The molecule has 4 nitrogen and oxygen atoms in total. The van der Waals surface area contributed by atoms with Gasteiger partial charge in [-0.1, -0.05) is 6.92 Å². The summed E-state index contributed by atoms with van der Waals surface area (Å²) in [4.78, 5) is 9.02. The Morgan fingerprint density at radius 3 is 2.50 bits per heavy atom. The number of hydrogen-bond acceptors (Lipinski definition) is 4. The van der Waals surface area contributed by atoms with E-state index in [0.717, 1.165) is 19.0 Å². The topological polar surface area (TPSA) is 44.9 Å². The summed E-state index contributed by atoms with van der Waals surface area (Å²) in [5, 5.41) is 0. The van der Waals surface area contributed by atoms with Crippen molar-refractivity contribution in [1.82, 2.24) is 9.80 Å². The number of likely N-dealkylation sites (N-methyl/N-ethyl adjacent to an activating group) is 1. The monoisotopic (exact) mass is 196 g/mol. The highest BCUT2D eigenvalue weighted by atomic mass is 15.3. The third-order valence-electron chi connectivity index (χ3n) is 3.82. The fourth-order valence-corrected chi connectivity index (χ4v) is 2.46. The molecule has 2 aliphatic rings. The van der Waals surface area contributed by atoms with E-state index in [1.807, 2.05) is 0 Å². The molecule has 4 heteroatoms. The molecule has 1 spiro atoms. The van der Waals surface area contributed by atoms with Gasteiger partial charge in [0.1, 0.15) is 0 Å². The number of hydrogen-bond donors (Lipinski definition) is 1. The van der Waals surface area contributed by atoms with E-state index in [9.17, 15) is 0 Å². The Kier molecular flexibility index (Phi) is 2.39. The van der Waals surface area contributed by atoms with Gasteiger partial charge < -0.3 is 15.5 Å². The van der Waals surface area contributed by atoms with Crippen molar-refractivity contribution in [3.63, 3.8) is 0 Å². The average molecular weight is 196 g/mol. The predicted molar refractivity (Wildman–Crippen MR) is 58.3 cm³/mol. The van der Waals surface area contributed by atoms with Crippen LogP contribution in [-0.2, 0) is 0 Å². The highest BCUT2D eigenvalue weighted by molar-refractivity contribution is 5.80. The van der Waals surface area contributed by atoms with Crippen LogP contribution in [0.4, 0.5) is 0 Å². The minimum absolute atomic E-state index is 0.246. The molecule has 2 aliphatic heterocycles. The zero-order valence-corrected chi connectivity index (χ0v) is 9.16. The Bertz CT molecular complexity index is 241. The predicted octanol–water partition coefficient (Wildman–Crippen LogP) is 0.101. The maximum atomic E-state index is 5.81. The van der Waals surface area contributed by atoms with Gasteiger partial charge in [0.05, 0.1) is 12.1 Å². The smallest absolute Gasteiger partial charge is 0.191 e. The van der Waals surface area contributed by atoms with Crippen LogP contribution >= 0.6 is 0 Å². The molecule has 0 amide bonds. The van der Waals surface area contributed by atoms with Crippen molar-refractivity contribution in [3.05, 3.63) is 0 Å². The molecule has 0 aromatic heterocycles. The van der Waals surface area contributed by atoms with Crippen LogP contribution in [0.2, 0.25) is 0 Å². The Morgan fingerprint density at radius 2 is 2.07 bits per heavy atom. The number of piperidine rings is 1. The highest BCUT2D eigenvalue weighted by Gasteiger charge is 2.41. The molecular formula is C10H20N4. The number of nitrogens with zero attached hydrogens (tertiary/aromatic N) is 3. The first kappa shape index (κ1) is 9.77. The zero-order valence-electron chi connectivity index (χ0n) is 9.16. The van der Waals surface area contributed by atoms with E-state index >= 15 is 0 Å². The fourth-order valence-electron chi connectivity index (χ4n) is 2.46. The molecular weight excluding hydrogens is 176 g/mol. The molecule has 0 unspecified atom stereocenters. The summed E-state index contributed by atoms with van der Waals surface area (Å²) >= 11 is 0. The minimum atomic E-state index is 0.246. The van der Waals surface area contributed by atoms with Gasteiger partial charge >= 0.3 is 0 Å². The summed E-state index contributed by atoms with van der Waals surface area (Å²) in [7, 11) is 2.08. The summed E-state index contributed by atoms with van der Waals surface area (Å²) in [6.45, 7) is 6.65. The molecule has 80 valence electrons. The molecule has 1 fully saturated rings. The quantitative estimate of drug-likeness (QED) is 0.647. The third-order valence-corrected chi connectivity index (χ3v) is 3.82. The molecule has 0 bridgehead atoms. The van der Waals surface area contributed by atoms with Gasteiger partial charge in [-0.2, -0.15) is 0 Å². The molecule has 2 rings (SSSR count). The van der Waals surface area contributed by atoms with Gasteiger partial charge in [0.25, 0.3) is 0 Å². The largest absolute Gasteiger partial charge is 0.370 e. The van der Waals surface area contributed by atoms with Gasteiger partial charge in [-0.05, 0) is 19.4 Å². The lowest BCUT2D eigenvalue weighted by Crippen LogP contribution is -2.55. The summed E-state index contributed by atoms with van der Waals surface area (Å²) in [5.74, 6) is 0.718. The molecule has 0 saturated carbocycles. The van der Waals surface area contributed by atoms with Gasteiger partial charge in [0.15, 0.2) is 5.96 Å². The zero-order chi connectivity index (χ0) is 10.2. The van der Waals surface area contributed by atoms with E-state index in [1.165, 1.54) is 25.9 Å². The number of nitrogens with two attached hydrogens (primary N) is 1. The number of rotatable bonds is 1. The first-order valence-electron chi connectivity index (χ1n) is 5.44. The Morgan fingerprint density at radius 1 is 1.43 bits per heavy atom. The first-order valence-corrected chi connectivity index (χ1v) is 5.44. The summed E-state index contributed by atoms with van der Waals surface area (Å²) in [6.07, 6.45) is 2.39. The van der Waals surface area contributed by atoms with Gasteiger partial charge in [0.2, 0.25) is 0 Å². The van der Waals surface area contributed by atoms with Crippen molar-refractivity contribution < 1.29 is 0 Å². The van der Waals surface area contributed by atoms with Crippen LogP contribution in [0.5, 0.6) is 0 Å². The SMILES string of the molecule is CCN1CCC2(CC1)CN=C(N)N2C. The lowest BCUT2D eigenvalue weighted by molar-refractivity contribution is 0.103. The molecule has 14 heavy (non-hydrogen) atoms. The molecule has 0 aromatic rings. The molecule has 0 aromatic carbocycles. The van der Waals surface area contributed by atoms with E-state index in [2.05, 4.69) is 28.8 Å². The van der Waals surface area contributed by atoms with Gasteiger partial charge in [-0.25, -0.2) is 0 Å². The van der Waals surface area contributed by atoms with E-state index in [1.54, 1.807) is 0 Å². The van der Waals surface area contributed by atoms with E-state index < -0.39 is 0 Å². The lowest BCUT2D eigenvalue weighted by atomic mass is 9.87.